The Labute approximate surface area is 114 Å². The molecule has 0 aromatic heterocycles. The molecule has 4 nitrogen and oxygen atoms in total. The summed E-state index contributed by atoms with van der Waals surface area (Å²) in [7, 11) is 0. The predicted octanol–water partition coefficient (Wildman–Crippen LogP) is 1.78. The Balaban J connectivity index is 1.94. The highest BCUT2D eigenvalue weighted by Gasteiger charge is 2.25. The number of hydrogen-bond acceptors (Lipinski definition) is 3. The van der Waals surface area contributed by atoms with Crippen molar-refractivity contribution in [1.29, 1.82) is 0 Å². The van der Waals surface area contributed by atoms with Crippen molar-refractivity contribution in [3.8, 4) is 0 Å². The molecule has 0 spiro atoms. The second kappa shape index (κ2) is 6.17. The van der Waals surface area contributed by atoms with Crippen LogP contribution in [0.15, 0.2) is 24.3 Å². The van der Waals surface area contributed by atoms with Crippen LogP contribution in [0.4, 0.5) is 5.69 Å². The molecule has 1 atom stereocenters. The number of likely N-dealkylation sites (tertiary alicyclic amines) is 1. The number of amides is 1. The predicted molar refractivity (Wildman–Crippen MR) is 76.1 cm³/mol. The first-order valence-electron chi connectivity index (χ1n) is 6.86. The first-order chi connectivity index (χ1) is 9.08. The molecule has 1 amide bonds. The van der Waals surface area contributed by atoms with Crippen LogP contribution in [0.5, 0.6) is 0 Å². The lowest BCUT2D eigenvalue weighted by Crippen LogP contribution is -2.47. The van der Waals surface area contributed by atoms with Crippen LogP contribution in [0.3, 0.4) is 0 Å². The van der Waals surface area contributed by atoms with Crippen molar-refractivity contribution in [2.45, 2.75) is 38.8 Å². The van der Waals surface area contributed by atoms with E-state index in [0.717, 1.165) is 37.2 Å². The van der Waals surface area contributed by atoms with Crippen LogP contribution in [-0.2, 0) is 4.79 Å². The normalized spacial score (nSPS) is 19.1. The summed E-state index contributed by atoms with van der Waals surface area (Å²) in [6.45, 7) is 5.47. The largest absolute Gasteiger partial charge is 0.393 e. The number of carbonyl (C=O) groups excluding carboxylic acids is 1. The van der Waals surface area contributed by atoms with E-state index in [1.54, 1.807) is 0 Å². The van der Waals surface area contributed by atoms with Crippen LogP contribution in [-0.4, -0.2) is 41.1 Å². The van der Waals surface area contributed by atoms with Crippen molar-refractivity contribution in [2.75, 3.05) is 18.4 Å². The quantitative estimate of drug-likeness (QED) is 0.873. The molecule has 1 aromatic carbocycles. The minimum absolute atomic E-state index is 0.0192. The maximum absolute atomic E-state index is 12.2. The Kier molecular flexibility index (Phi) is 4.56. The van der Waals surface area contributed by atoms with Gasteiger partial charge < -0.3 is 10.4 Å². The number of para-hydroxylation sites is 1. The summed E-state index contributed by atoms with van der Waals surface area (Å²) in [6, 6.07) is 7.62. The molecular weight excluding hydrogens is 240 g/mol. The fourth-order valence-electron chi connectivity index (χ4n) is 2.39. The van der Waals surface area contributed by atoms with E-state index in [1.165, 1.54) is 0 Å². The molecule has 0 aliphatic carbocycles. The smallest absolute Gasteiger partial charge is 0.241 e. The van der Waals surface area contributed by atoms with Crippen LogP contribution in [0.1, 0.15) is 25.3 Å². The first-order valence-corrected chi connectivity index (χ1v) is 6.86. The van der Waals surface area contributed by atoms with Crippen molar-refractivity contribution in [3.63, 3.8) is 0 Å². The number of nitrogens with one attached hydrogen (secondary N) is 1. The molecule has 1 saturated heterocycles. The molecule has 4 heteroatoms. The van der Waals surface area contributed by atoms with Gasteiger partial charge in [-0.05, 0) is 38.3 Å². The van der Waals surface area contributed by atoms with Crippen LogP contribution in [0.25, 0.3) is 0 Å². The van der Waals surface area contributed by atoms with Crippen LogP contribution < -0.4 is 5.32 Å². The summed E-state index contributed by atoms with van der Waals surface area (Å²) in [5, 5.41) is 12.5. The lowest BCUT2D eigenvalue weighted by molar-refractivity contribution is -0.121. The molecule has 0 radical (unpaired) electrons. The first kappa shape index (κ1) is 14.0. The van der Waals surface area contributed by atoms with Gasteiger partial charge >= 0.3 is 0 Å². The van der Waals surface area contributed by atoms with Gasteiger partial charge in [-0.25, -0.2) is 0 Å². The molecule has 0 saturated carbocycles. The van der Waals surface area contributed by atoms with Crippen molar-refractivity contribution in [2.24, 2.45) is 0 Å². The summed E-state index contributed by atoms with van der Waals surface area (Å²) in [6.07, 6.45) is 1.30. The van der Waals surface area contributed by atoms with E-state index in [-0.39, 0.29) is 18.1 Å². The average molecular weight is 262 g/mol. The van der Waals surface area contributed by atoms with Gasteiger partial charge in [-0.1, -0.05) is 18.2 Å². The Morgan fingerprint density at radius 1 is 1.37 bits per heavy atom. The number of hydrogen-bond donors (Lipinski definition) is 2. The SMILES string of the molecule is Cc1ccccc1NC(=O)C(C)N1CCC(O)CC1. The van der Waals surface area contributed by atoms with E-state index in [0.29, 0.717) is 0 Å². The molecule has 2 rings (SSSR count). The number of nitrogens with zero attached hydrogens (tertiary/aromatic N) is 1. The number of anilines is 1. The van der Waals surface area contributed by atoms with Crippen molar-refractivity contribution >= 4 is 11.6 Å². The van der Waals surface area contributed by atoms with Gasteiger partial charge in [0.15, 0.2) is 0 Å². The Morgan fingerprint density at radius 3 is 2.63 bits per heavy atom. The number of aryl methyl sites for hydroxylation is 1. The minimum Gasteiger partial charge on any atom is -0.393 e. The number of aliphatic hydroxyl groups is 1. The minimum atomic E-state index is -0.206. The van der Waals surface area contributed by atoms with Gasteiger partial charge in [0.2, 0.25) is 5.91 Å². The van der Waals surface area contributed by atoms with Gasteiger partial charge in [0.25, 0.3) is 0 Å². The molecule has 1 heterocycles. The third-order valence-corrected chi connectivity index (χ3v) is 3.83. The van der Waals surface area contributed by atoms with E-state index in [4.69, 9.17) is 0 Å². The van der Waals surface area contributed by atoms with E-state index in [2.05, 4.69) is 10.2 Å². The Morgan fingerprint density at radius 2 is 2.00 bits per heavy atom. The van der Waals surface area contributed by atoms with Crippen molar-refractivity contribution < 1.29 is 9.90 Å². The monoisotopic (exact) mass is 262 g/mol. The lowest BCUT2D eigenvalue weighted by Gasteiger charge is -2.33. The van der Waals surface area contributed by atoms with Crippen molar-refractivity contribution in [3.05, 3.63) is 29.8 Å². The molecule has 19 heavy (non-hydrogen) atoms. The summed E-state index contributed by atoms with van der Waals surface area (Å²) < 4.78 is 0. The molecule has 2 N–H and O–H groups in total. The maximum Gasteiger partial charge on any atom is 0.241 e. The highest BCUT2D eigenvalue weighted by Crippen LogP contribution is 2.16. The zero-order valence-corrected chi connectivity index (χ0v) is 11.6. The second-order valence-electron chi connectivity index (χ2n) is 5.25. The van der Waals surface area contributed by atoms with Crippen molar-refractivity contribution in [1.82, 2.24) is 4.90 Å². The fraction of sp³-hybridized carbons (Fsp3) is 0.533. The van der Waals surface area contributed by atoms with Crippen LogP contribution >= 0.6 is 0 Å². The Hall–Kier alpha value is -1.39. The van der Waals surface area contributed by atoms with Crippen LogP contribution in [0, 0.1) is 6.92 Å². The van der Waals surface area contributed by atoms with Gasteiger partial charge in [0.1, 0.15) is 0 Å². The molecule has 0 bridgehead atoms. The number of rotatable bonds is 3. The molecule has 1 aliphatic rings. The standard InChI is InChI=1S/C15H22N2O2/c1-11-5-3-4-6-14(11)16-15(19)12(2)17-9-7-13(18)8-10-17/h3-6,12-13,18H,7-10H2,1-2H3,(H,16,19). The van der Waals surface area contributed by atoms with E-state index >= 15 is 0 Å². The van der Waals surface area contributed by atoms with E-state index < -0.39 is 0 Å². The van der Waals surface area contributed by atoms with Gasteiger partial charge in [-0.3, -0.25) is 9.69 Å². The van der Waals surface area contributed by atoms with Gasteiger partial charge in [0, 0.05) is 18.8 Å². The van der Waals surface area contributed by atoms with Gasteiger partial charge in [-0.15, -0.1) is 0 Å². The van der Waals surface area contributed by atoms with E-state index in [9.17, 15) is 9.90 Å². The number of carbonyl (C=O) groups is 1. The maximum atomic E-state index is 12.2. The van der Waals surface area contributed by atoms with Gasteiger partial charge in [-0.2, -0.15) is 0 Å². The van der Waals surface area contributed by atoms with Gasteiger partial charge in [0.05, 0.1) is 12.1 Å². The van der Waals surface area contributed by atoms with E-state index in [1.807, 2.05) is 38.1 Å². The molecule has 1 fully saturated rings. The highest BCUT2D eigenvalue weighted by molar-refractivity contribution is 5.95. The summed E-state index contributed by atoms with van der Waals surface area (Å²) in [5.74, 6) is 0.0192. The molecule has 1 aromatic rings. The number of piperidine rings is 1. The average Bonchev–Trinajstić information content (AvgIpc) is 2.41. The third kappa shape index (κ3) is 3.55. The summed E-state index contributed by atoms with van der Waals surface area (Å²) in [5.41, 5.74) is 1.94. The highest BCUT2D eigenvalue weighted by atomic mass is 16.3. The zero-order chi connectivity index (χ0) is 13.8. The fourth-order valence-corrected chi connectivity index (χ4v) is 2.39. The Bertz CT molecular complexity index is 440. The molecule has 104 valence electrons. The second-order valence-corrected chi connectivity index (χ2v) is 5.25. The molecule has 1 unspecified atom stereocenters. The molecular formula is C15H22N2O2. The summed E-state index contributed by atoms with van der Waals surface area (Å²) in [4.78, 5) is 14.4. The molecule has 1 aliphatic heterocycles. The third-order valence-electron chi connectivity index (χ3n) is 3.83. The van der Waals surface area contributed by atoms with Crippen LogP contribution in [0.2, 0.25) is 0 Å². The number of aliphatic hydroxyl groups excluding tert-OH is 1. The zero-order valence-electron chi connectivity index (χ0n) is 11.6. The lowest BCUT2D eigenvalue weighted by atomic mass is 10.1. The summed E-state index contributed by atoms with van der Waals surface area (Å²) >= 11 is 0. The topological polar surface area (TPSA) is 52.6 Å². The number of benzene rings is 1.